The van der Waals surface area contributed by atoms with Gasteiger partial charge in [-0.25, -0.2) is 0 Å². The summed E-state index contributed by atoms with van der Waals surface area (Å²) in [5.74, 6) is 0.311. The van der Waals surface area contributed by atoms with Gasteiger partial charge in [0.15, 0.2) is 0 Å². The molecule has 1 amide bonds. The molecule has 0 aliphatic carbocycles. The molecule has 0 aliphatic rings. The van der Waals surface area contributed by atoms with Crippen LogP contribution < -0.4 is 5.32 Å². The molecule has 1 atom stereocenters. The van der Waals surface area contributed by atoms with Crippen LogP contribution in [0, 0.1) is 0 Å². The molecule has 78 valence electrons. The molecule has 1 unspecified atom stereocenters. The van der Waals surface area contributed by atoms with E-state index in [-0.39, 0.29) is 11.4 Å². The number of carbonyl (C=O) groups excluding carboxylic acids is 1. The summed E-state index contributed by atoms with van der Waals surface area (Å²) in [7, 11) is 0. The Kier molecular flexibility index (Phi) is 3.89. The van der Waals surface area contributed by atoms with E-state index in [0.29, 0.717) is 10.8 Å². The fraction of sp³-hybridized carbons (Fsp3) is 0.556. The lowest BCUT2D eigenvalue weighted by Gasteiger charge is -2.26. The minimum Gasteiger partial charge on any atom is -0.345 e. The molecule has 3 nitrogen and oxygen atoms in total. The Bertz CT molecular complexity index is 296. The van der Waals surface area contributed by atoms with Crippen LogP contribution in [0.2, 0.25) is 0 Å². The van der Waals surface area contributed by atoms with Crippen LogP contribution in [0.1, 0.15) is 29.9 Å². The maximum absolute atomic E-state index is 11.6. The SMILES string of the molecule is CCC(C)(CCl)NC(=O)c1cncs1. The molecule has 1 rings (SSSR count). The normalized spacial score (nSPS) is 14.8. The largest absolute Gasteiger partial charge is 0.345 e. The summed E-state index contributed by atoms with van der Waals surface area (Å²) < 4.78 is 0. The summed E-state index contributed by atoms with van der Waals surface area (Å²) in [4.78, 5) is 16.1. The summed E-state index contributed by atoms with van der Waals surface area (Å²) in [5.41, 5.74) is 1.31. The van der Waals surface area contributed by atoms with Gasteiger partial charge in [-0.1, -0.05) is 6.92 Å². The van der Waals surface area contributed by atoms with Crippen molar-refractivity contribution in [3.05, 3.63) is 16.6 Å². The summed E-state index contributed by atoms with van der Waals surface area (Å²) in [6.45, 7) is 3.92. The minimum absolute atomic E-state index is 0.0995. The van der Waals surface area contributed by atoms with Crippen LogP contribution in [0.4, 0.5) is 0 Å². The lowest BCUT2D eigenvalue weighted by molar-refractivity contribution is 0.0916. The Morgan fingerprint density at radius 2 is 2.50 bits per heavy atom. The Hall–Kier alpha value is -0.610. The fourth-order valence-corrected chi connectivity index (χ4v) is 1.65. The zero-order valence-electron chi connectivity index (χ0n) is 8.21. The average molecular weight is 233 g/mol. The molecule has 1 aromatic rings. The predicted octanol–water partition coefficient (Wildman–Crippen LogP) is 2.28. The molecule has 1 heterocycles. The number of nitrogens with zero attached hydrogens (tertiary/aromatic N) is 1. The molecule has 1 aromatic heterocycles. The van der Waals surface area contributed by atoms with Crippen LogP contribution in [0.5, 0.6) is 0 Å². The van der Waals surface area contributed by atoms with Crippen molar-refractivity contribution in [2.24, 2.45) is 0 Å². The van der Waals surface area contributed by atoms with Crippen molar-refractivity contribution in [2.45, 2.75) is 25.8 Å². The van der Waals surface area contributed by atoms with Crippen molar-refractivity contribution < 1.29 is 4.79 Å². The van der Waals surface area contributed by atoms with E-state index < -0.39 is 0 Å². The molecular formula is C9H13ClN2OS. The van der Waals surface area contributed by atoms with Crippen molar-refractivity contribution in [3.8, 4) is 0 Å². The highest BCUT2D eigenvalue weighted by atomic mass is 35.5. The fourth-order valence-electron chi connectivity index (χ4n) is 0.880. The van der Waals surface area contributed by atoms with Crippen LogP contribution in [0.15, 0.2) is 11.7 Å². The van der Waals surface area contributed by atoms with Gasteiger partial charge in [0.2, 0.25) is 0 Å². The topological polar surface area (TPSA) is 42.0 Å². The van der Waals surface area contributed by atoms with E-state index >= 15 is 0 Å². The minimum atomic E-state index is -0.331. The lowest BCUT2D eigenvalue weighted by Crippen LogP contribution is -2.46. The molecule has 0 fully saturated rings. The van der Waals surface area contributed by atoms with E-state index in [2.05, 4.69) is 10.3 Å². The Labute approximate surface area is 92.5 Å². The van der Waals surface area contributed by atoms with E-state index in [9.17, 15) is 4.79 Å². The summed E-state index contributed by atoms with van der Waals surface area (Å²) in [5, 5.41) is 2.89. The number of aromatic nitrogens is 1. The average Bonchev–Trinajstić information content (AvgIpc) is 2.70. The number of rotatable bonds is 4. The van der Waals surface area contributed by atoms with Crippen LogP contribution in [-0.4, -0.2) is 22.3 Å². The summed E-state index contributed by atoms with van der Waals surface area (Å²) >= 11 is 7.11. The highest BCUT2D eigenvalue weighted by Crippen LogP contribution is 2.14. The van der Waals surface area contributed by atoms with E-state index in [4.69, 9.17) is 11.6 Å². The van der Waals surface area contributed by atoms with Gasteiger partial charge in [-0.3, -0.25) is 9.78 Å². The molecule has 0 bridgehead atoms. The zero-order valence-corrected chi connectivity index (χ0v) is 9.78. The number of alkyl halides is 1. The molecule has 0 saturated heterocycles. The van der Waals surface area contributed by atoms with Gasteiger partial charge < -0.3 is 5.32 Å². The monoisotopic (exact) mass is 232 g/mol. The Morgan fingerprint density at radius 3 is 2.93 bits per heavy atom. The van der Waals surface area contributed by atoms with Gasteiger partial charge in [0, 0.05) is 5.88 Å². The molecule has 0 radical (unpaired) electrons. The highest BCUT2D eigenvalue weighted by molar-refractivity contribution is 7.11. The number of hydrogen-bond donors (Lipinski definition) is 1. The van der Waals surface area contributed by atoms with Crippen molar-refractivity contribution in [3.63, 3.8) is 0 Å². The molecule has 0 saturated carbocycles. The molecule has 14 heavy (non-hydrogen) atoms. The van der Waals surface area contributed by atoms with Gasteiger partial charge in [0.05, 0.1) is 17.2 Å². The van der Waals surface area contributed by atoms with Crippen molar-refractivity contribution in [1.82, 2.24) is 10.3 Å². The molecule has 0 aliphatic heterocycles. The number of hydrogen-bond acceptors (Lipinski definition) is 3. The van der Waals surface area contributed by atoms with Crippen molar-refractivity contribution >= 4 is 28.8 Å². The van der Waals surface area contributed by atoms with Gasteiger partial charge in [0.1, 0.15) is 4.88 Å². The maximum atomic E-state index is 11.6. The summed E-state index contributed by atoms with van der Waals surface area (Å²) in [6.07, 6.45) is 2.37. The van der Waals surface area contributed by atoms with Crippen molar-refractivity contribution in [1.29, 1.82) is 0 Å². The first-order valence-electron chi connectivity index (χ1n) is 4.38. The van der Waals surface area contributed by atoms with Gasteiger partial charge in [-0.05, 0) is 13.3 Å². The van der Waals surface area contributed by atoms with Gasteiger partial charge in [0.25, 0.3) is 5.91 Å². The van der Waals surface area contributed by atoms with Gasteiger partial charge in [-0.15, -0.1) is 22.9 Å². The smallest absolute Gasteiger partial charge is 0.263 e. The zero-order chi connectivity index (χ0) is 10.6. The van der Waals surface area contributed by atoms with Gasteiger partial charge >= 0.3 is 0 Å². The van der Waals surface area contributed by atoms with Crippen LogP contribution in [-0.2, 0) is 0 Å². The quantitative estimate of drug-likeness (QED) is 0.810. The lowest BCUT2D eigenvalue weighted by atomic mass is 10.0. The molecule has 1 N–H and O–H groups in total. The van der Waals surface area contributed by atoms with Gasteiger partial charge in [-0.2, -0.15) is 0 Å². The molecular weight excluding hydrogens is 220 g/mol. The molecule has 0 spiro atoms. The van der Waals surface area contributed by atoms with E-state index in [1.165, 1.54) is 11.3 Å². The molecule has 5 heteroatoms. The second-order valence-corrected chi connectivity index (χ2v) is 4.52. The number of carbonyl (C=O) groups is 1. The first-order chi connectivity index (χ1) is 6.61. The third-order valence-corrected chi connectivity index (χ3v) is 3.51. The standard InChI is InChI=1S/C9H13ClN2OS/c1-3-9(2,5-10)12-8(13)7-4-11-6-14-7/h4,6H,3,5H2,1-2H3,(H,12,13). The second-order valence-electron chi connectivity index (χ2n) is 3.37. The maximum Gasteiger partial charge on any atom is 0.263 e. The molecule has 0 aromatic carbocycles. The third-order valence-electron chi connectivity index (χ3n) is 2.15. The third kappa shape index (κ3) is 2.69. The summed E-state index contributed by atoms with van der Waals surface area (Å²) in [6, 6.07) is 0. The van der Waals surface area contributed by atoms with Crippen LogP contribution >= 0.6 is 22.9 Å². The number of nitrogens with one attached hydrogen (secondary N) is 1. The van der Waals surface area contributed by atoms with Crippen LogP contribution in [0.25, 0.3) is 0 Å². The van der Waals surface area contributed by atoms with E-state index in [1.54, 1.807) is 11.7 Å². The number of halogens is 1. The van der Waals surface area contributed by atoms with Crippen molar-refractivity contribution in [2.75, 3.05) is 5.88 Å². The Balaban J connectivity index is 2.65. The Morgan fingerprint density at radius 1 is 1.79 bits per heavy atom. The predicted molar refractivity (Wildman–Crippen MR) is 59.0 cm³/mol. The first-order valence-corrected chi connectivity index (χ1v) is 5.79. The van der Waals surface area contributed by atoms with E-state index in [0.717, 1.165) is 6.42 Å². The second kappa shape index (κ2) is 4.75. The van der Waals surface area contributed by atoms with E-state index in [1.807, 2.05) is 13.8 Å². The highest BCUT2D eigenvalue weighted by Gasteiger charge is 2.24. The first kappa shape index (κ1) is 11.5. The number of amides is 1. The number of thiazole rings is 1. The van der Waals surface area contributed by atoms with Crippen LogP contribution in [0.3, 0.4) is 0 Å².